The third-order valence-electron chi connectivity index (χ3n) is 4.98. The molecule has 0 aromatic rings. The molecule has 3 heteroatoms. The first kappa shape index (κ1) is 18.5. The Bertz CT molecular complexity index is 320. The van der Waals surface area contributed by atoms with Crippen molar-refractivity contribution in [2.45, 2.75) is 79.2 Å². The summed E-state index contributed by atoms with van der Waals surface area (Å²) >= 11 is 0. The molecule has 0 spiro atoms. The van der Waals surface area contributed by atoms with E-state index in [-0.39, 0.29) is 12.0 Å². The van der Waals surface area contributed by atoms with Crippen molar-refractivity contribution in [2.24, 2.45) is 23.0 Å². The topological polar surface area (TPSA) is 46.3 Å². The summed E-state index contributed by atoms with van der Waals surface area (Å²) in [6.45, 7) is 13.0. The molecular weight excluding hydrogens is 260 g/mol. The number of likely N-dealkylation sites (tertiary alicyclic amines) is 1. The van der Waals surface area contributed by atoms with Crippen LogP contribution in [-0.4, -0.2) is 29.9 Å². The molecule has 1 amide bonds. The van der Waals surface area contributed by atoms with Gasteiger partial charge in [0.15, 0.2) is 0 Å². The van der Waals surface area contributed by atoms with Gasteiger partial charge in [0.2, 0.25) is 5.91 Å². The van der Waals surface area contributed by atoms with E-state index in [2.05, 4.69) is 32.6 Å². The molecule has 1 saturated heterocycles. The summed E-state index contributed by atoms with van der Waals surface area (Å²) in [6, 6.07) is 0.248. The normalized spacial score (nSPS) is 23.5. The summed E-state index contributed by atoms with van der Waals surface area (Å²) in [5.74, 6) is 1.24. The molecule has 3 atom stereocenters. The third kappa shape index (κ3) is 6.37. The monoisotopic (exact) mass is 296 g/mol. The lowest BCUT2D eigenvalue weighted by molar-refractivity contribution is -0.135. The molecule has 0 bridgehead atoms. The smallest absolute Gasteiger partial charge is 0.225 e. The van der Waals surface area contributed by atoms with Crippen LogP contribution in [-0.2, 0) is 4.79 Å². The fourth-order valence-electron chi connectivity index (χ4n) is 3.36. The van der Waals surface area contributed by atoms with E-state index in [1.54, 1.807) is 0 Å². The average Bonchev–Trinajstić information content (AvgIpc) is 2.62. The third-order valence-corrected chi connectivity index (χ3v) is 4.98. The minimum absolute atomic E-state index is 0.148. The average molecular weight is 296 g/mol. The van der Waals surface area contributed by atoms with Crippen molar-refractivity contribution in [1.29, 1.82) is 0 Å². The Kier molecular flexibility index (Phi) is 7.19. The number of nitrogens with two attached hydrogens (primary N) is 1. The molecular formula is C18H36N2O. The molecule has 0 radical (unpaired) electrons. The van der Waals surface area contributed by atoms with Gasteiger partial charge in [0.05, 0.1) is 0 Å². The Hall–Kier alpha value is -0.570. The summed E-state index contributed by atoms with van der Waals surface area (Å²) in [4.78, 5) is 14.7. The predicted molar refractivity (Wildman–Crippen MR) is 90.0 cm³/mol. The Morgan fingerprint density at radius 2 is 1.86 bits per heavy atom. The maximum Gasteiger partial charge on any atom is 0.225 e. The van der Waals surface area contributed by atoms with E-state index in [0.29, 0.717) is 11.3 Å². The van der Waals surface area contributed by atoms with Crippen LogP contribution in [0.3, 0.4) is 0 Å². The van der Waals surface area contributed by atoms with Crippen molar-refractivity contribution in [3.05, 3.63) is 0 Å². The molecule has 1 heterocycles. The maximum atomic E-state index is 12.6. The second-order valence-corrected chi connectivity index (χ2v) is 8.13. The van der Waals surface area contributed by atoms with Crippen LogP contribution in [0.15, 0.2) is 0 Å². The Morgan fingerprint density at radius 3 is 2.43 bits per heavy atom. The molecule has 1 fully saturated rings. The summed E-state index contributed by atoms with van der Waals surface area (Å²) in [7, 11) is 0. The quantitative estimate of drug-likeness (QED) is 0.838. The lowest BCUT2D eigenvalue weighted by atomic mass is 9.77. The van der Waals surface area contributed by atoms with Gasteiger partial charge >= 0.3 is 0 Å². The van der Waals surface area contributed by atoms with Crippen molar-refractivity contribution < 1.29 is 4.79 Å². The molecule has 0 aromatic carbocycles. The molecule has 0 saturated carbocycles. The zero-order chi connectivity index (χ0) is 16.0. The molecule has 3 unspecified atom stereocenters. The van der Waals surface area contributed by atoms with Gasteiger partial charge < -0.3 is 10.6 Å². The van der Waals surface area contributed by atoms with Crippen molar-refractivity contribution in [2.75, 3.05) is 13.1 Å². The van der Waals surface area contributed by atoms with Gasteiger partial charge in [-0.3, -0.25) is 4.79 Å². The van der Waals surface area contributed by atoms with Gasteiger partial charge in [-0.15, -0.1) is 0 Å². The van der Waals surface area contributed by atoms with Crippen molar-refractivity contribution >= 4 is 5.91 Å². The zero-order valence-electron chi connectivity index (χ0n) is 14.8. The first-order valence-corrected chi connectivity index (χ1v) is 8.76. The Labute approximate surface area is 131 Å². The minimum Gasteiger partial charge on any atom is -0.342 e. The van der Waals surface area contributed by atoms with Crippen LogP contribution in [0.5, 0.6) is 0 Å². The van der Waals surface area contributed by atoms with Crippen LogP contribution in [0.2, 0.25) is 0 Å². The van der Waals surface area contributed by atoms with Crippen LogP contribution in [0.1, 0.15) is 73.1 Å². The minimum atomic E-state index is 0.148. The number of carbonyl (C=O) groups excluding carboxylic acids is 1. The molecule has 3 nitrogen and oxygen atoms in total. The number of hydrogen-bond donors (Lipinski definition) is 1. The van der Waals surface area contributed by atoms with E-state index in [4.69, 9.17) is 5.73 Å². The second-order valence-electron chi connectivity index (χ2n) is 8.13. The molecule has 124 valence electrons. The predicted octanol–water partition coefficient (Wildman–Crippen LogP) is 3.81. The number of hydrogen-bond acceptors (Lipinski definition) is 2. The highest BCUT2D eigenvalue weighted by molar-refractivity contribution is 5.78. The summed E-state index contributed by atoms with van der Waals surface area (Å²) < 4.78 is 0. The van der Waals surface area contributed by atoms with Crippen molar-refractivity contribution in [3.63, 3.8) is 0 Å². The molecule has 2 N–H and O–H groups in total. The maximum absolute atomic E-state index is 12.6. The highest BCUT2D eigenvalue weighted by Crippen LogP contribution is 2.34. The molecule has 21 heavy (non-hydrogen) atoms. The highest BCUT2D eigenvalue weighted by Gasteiger charge is 2.29. The van der Waals surface area contributed by atoms with Gasteiger partial charge in [0, 0.05) is 25.0 Å². The van der Waals surface area contributed by atoms with E-state index >= 15 is 0 Å². The largest absolute Gasteiger partial charge is 0.342 e. The first-order chi connectivity index (χ1) is 9.71. The van der Waals surface area contributed by atoms with Crippen molar-refractivity contribution in [3.8, 4) is 0 Å². The number of amides is 1. The molecule has 0 aliphatic carbocycles. The van der Waals surface area contributed by atoms with Crippen molar-refractivity contribution in [1.82, 2.24) is 4.90 Å². The lowest BCUT2D eigenvalue weighted by Crippen LogP contribution is -2.36. The fraction of sp³-hybridized carbons (Fsp3) is 0.944. The lowest BCUT2D eigenvalue weighted by Gasteiger charge is -2.30. The summed E-state index contributed by atoms with van der Waals surface area (Å²) in [6.07, 6.45) is 6.61. The number of rotatable bonds is 5. The van der Waals surface area contributed by atoms with Crippen LogP contribution < -0.4 is 5.73 Å². The summed E-state index contributed by atoms with van der Waals surface area (Å²) in [5, 5.41) is 0. The Balaban J connectivity index is 2.44. The highest BCUT2D eigenvalue weighted by atomic mass is 16.2. The van der Waals surface area contributed by atoms with E-state index in [1.165, 1.54) is 6.42 Å². The number of carbonyl (C=O) groups is 1. The van der Waals surface area contributed by atoms with Crippen LogP contribution in [0.25, 0.3) is 0 Å². The second kappa shape index (κ2) is 8.17. The molecule has 1 rings (SSSR count). The van der Waals surface area contributed by atoms with Gasteiger partial charge in [-0.1, -0.05) is 34.1 Å². The molecule has 1 aliphatic rings. The number of nitrogens with zero attached hydrogens (tertiary/aromatic N) is 1. The first-order valence-electron chi connectivity index (χ1n) is 8.76. The molecule has 1 aliphatic heterocycles. The zero-order valence-corrected chi connectivity index (χ0v) is 14.8. The van der Waals surface area contributed by atoms with Gasteiger partial charge in [-0.25, -0.2) is 0 Å². The fourth-order valence-corrected chi connectivity index (χ4v) is 3.36. The van der Waals surface area contributed by atoms with E-state index in [9.17, 15) is 4.79 Å². The molecule has 0 aromatic heterocycles. The van der Waals surface area contributed by atoms with E-state index in [0.717, 1.165) is 51.1 Å². The SMILES string of the molecule is CC(N)CCCC(C)C(=O)N1CCCC(C(C)(C)C)CC1. The van der Waals surface area contributed by atoms with Gasteiger partial charge in [-0.05, 0) is 50.4 Å². The standard InChI is InChI=1S/C18H36N2O/c1-14(8-6-9-15(2)19)17(21)20-12-7-10-16(11-13-20)18(3,4)5/h14-16H,6-13,19H2,1-5H3. The van der Waals surface area contributed by atoms with E-state index in [1.807, 2.05) is 6.92 Å². The summed E-state index contributed by atoms with van der Waals surface area (Å²) in [5.41, 5.74) is 6.14. The van der Waals surface area contributed by atoms with Crippen LogP contribution >= 0.6 is 0 Å². The van der Waals surface area contributed by atoms with Gasteiger partial charge in [0.25, 0.3) is 0 Å². The Morgan fingerprint density at radius 1 is 1.19 bits per heavy atom. The van der Waals surface area contributed by atoms with E-state index < -0.39 is 0 Å². The van der Waals surface area contributed by atoms with Gasteiger partial charge in [-0.2, -0.15) is 0 Å². The van der Waals surface area contributed by atoms with Crippen LogP contribution in [0, 0.1) is 17.3 Å². The van der Waals surface area contributed by atoms with Gasteiger partial charge in [0.1, 0.15) is 0 Å². The van der Waals surface area contributed by atoms with Crippen LogP contribution in [0.4, 0.5) is 0 Å².